The molecule has 2 N–H and O–H groups in total. The van der Waals surface area contributed by atoms with E-state index in [-0.39, 0.29) is 0 Å². The quantitative estimate of drug-likeness (QED) is 0.282. The molecular weight excluding hydrogens is 499 g/mol. The molecule has 0 bridgehead atoms. The molecule has 170 valence electrons. The Hall–Kier alpha value is -2.58. The molecule has 4 rings (SSSR count). The Kier molecular flexibility index (Phi) is 7.24. The van der Waals surface area contributed by atoms with Crippen molar-refractivity contribution in [3.05, 3.63) is 92.3 Å². The normalized spacial score (nSPS) is 10.9. The molecule has 2 aromatic carbocycles. The average Bonchev–Trinajstić information content (AvgIpc) is 3.31. The van der Waals surface area contributed by atoms with Crippen LogP contribution >= 0.6 is 47.0 Å². The highest BCUT2D eigenvalue weighted by atomic mass is 35.5. The molecule has 0 aliphatic heterocycles. The van der Waals surface area contributed by atoms with Gasteiger partial charge in [-0.05, 0) is 55.9 Å². The lowest BCUT2D eigenvalue weighted by atomic mass is 10.2. The van der Waals surface area contributed by atoms with Crippen molar-refractivity contribution in [2.24, 2.45) is 0 Å². The molecule has 6 nitrogen and oxygen atoms in total. The summed E-state index contributed by atoms with van der Waals surface area (Å²) >= 11 is 24.1. The van der Waals surface area contributed by atoms with Gasteiger partial charge in [-0.3, -0.25) is 9.36 Å². The van der Waals surface area contributed by atoms with Gasteiger partial charge in [-0.15, -0.1) is 0 Å². The fourth-order valence-corrected chi connectivity index (χ4v) is 4.27. The first-order chi connectivity index (χ1) is 15.8. The van der Waals surface area contributed by atoms with Crippen LogP contribution in [0.25, 0.3) is 0 Å². The summed E-state index contributed by atoms with van der Waals surface area (Å²) in [5.41, 5.74) is 4.49. The lowest BCUT2D eigenvalue weighted by molar-refractivity contribution is 0.659. The van der Waals surface area contributed by atoms with Crippen molar-refractivity contribution < 1.29 is 0 Å². The number of aromatic nitrogens is 4. The number of thiocarbonyl (C=S) groups is 1. The zero-order valence-electron chi connectivity index (χ0n) is 17.9. The van der Waals surface area contributed by atoms with Crippen LogP contribution in [-0.4, -0.2) is 24.7 Å². The van der Waals surface area contributed by atoms with Gasteiger partial charge in [0.2, 0.25) is 0 Å². The number of anilines is 2. The fourth-order valence-electron chi connectivity index (χ4n) is 3.42. The largest absolute Gasteiger partial charge is 0.329 e. The Morgan fingerprint density at radius 3 is 2.30 bits per heavy atom. The highest BCUT2D eigenvalue weighted by Gasteiger charge is 2.15. The second kappa shape index (κ2) is 10.1. The van der Waals surface area contributed by atoms with Gasteiger partial charge < -0.3 is 10.6 Å². The second-order valence-electron chi connectivity index (χ2n) is 7.51. The van der Waals surface area contributed by atoms with Crippen LogP contribution in [0, 0.1) is 13.8 Å². The molecule has 0 saturated carbocycles. The minimum absolute atomic E-state index is 0.424. The summed E-state index contributed by atoms with van der Waals surface area (Å²) in [5, 5.41) is 17.9. The SMILES string of the molecule is Cc1nn(Cc2c(Cl)cccc2Cl)c(C)c1NC(=S)Nc1ccn(Cc2ccc(Cl)cc2)n1. The number of aryl methyl sites for hydroxylation is 1. The van der Waals surface area contributed by atoms with E-state index in [1.165, 1.54) is 0 Å². The summed E-state index contributed by atoms with van der Waals surface area (Å²) in [4.78, 5) is 0. The summed E-state index contributed by atoms with van der Waals surface area (Å²) in [6.45, 7) is 4.98. The predicted octanol–water partition coefficient (Wildman–Crippen LogP) is 6.56. The van der Waals surface area contributed by atoms with Crippen molar-refractivity contribution in [2.75, 3.05) is 10.6 Å². The van der Waals surface area contributed by atoms with Crippen LogP contribution in [0.1, 0.15) is 22.5 Å². The summed E-state index contributed by atoms with van der Waals surface area (Å²) in [6, 6.07) is 15.0. The van der Waals surface area contributed by atoms with Crippen molar-refractivity contribution in [3.8, 4) is 0 Å². The molecule has 0 fully saturated rings. The van der Waals surface area contributed by atoms with Gasteiger partial charge in [0.1, 0.15) is 0 Å². The first kappa shape index (κ1) is 23.6. The maximum Gasteiger partial charge on any atom is 0.176 e. The second-order valence-corrected chi connectivity index (χ2v) is 9.17. The van der Waals surface area contributed by atoms with E-state index < -0.39 is 0 Å². The van der Waals surface area contributed by atoms with Crippen LogP contribution in [0.5, 0.6) is 0 Å². The van der Waals surface area contributed by atoms with Crippen molar-refractivity contribution in [1.29, 1.82) is 0 Å². The van der Waals surface area contributed by atoms with E-state index >= 15 is 0 Å². The van der Waals surface area contributed by atoms with Crippen LogP contribution < -0.4 is 10.6 Å². The predicted molar refractivity (Wildman–Crippen MR) is 140 cm³/mol. The van der Waals surface area contributed by atoms with Crippen LogP contribution in [0.3, 0.4) is 0 Å². The fraction of sp³-hybridized carbons (Fsp3) is 0.174. The van der Waals surface area contributed by atoms with E-state index in [0.717, 1.165) is 28.2 Å². The third-order valence-electron chi connectivity index (χ3n) is 5.13. The summed E-state index contributed by atoms with van der Waals surface area (Å²) in [5.74, 6) is 0.645. The smallest absolute Gasteiger partial charge is 0.176 e. The Morgan fingerprint density at radius 1 is 0.909 bits per heavy atom. The van der Waals surface area contributed by atoms with Crippen LogP contribution in [0.15, 0.2) is 54.7 Å². The lowest BCUT2D eigenvalue weighted by Crippen LogP contribution is -2.20. The molecule has 10 heteroatoms. The Bertz CT molecular complexity index is 1280. The number of benzene rings is 2. The van der Waals surface area contributed by atoms with Gasteiger partial charge >= 0.3 is 0 Å². The molecule has 0 unspecified atom stereocenters. The molecular formula is C23H21Cl3N6S. The van der Waals surface area contributed by atoms with Crippen molar-refractivity contribution in [1.82, 2.24) is 19.6 Å². The number of halogens is 3. The maximum atomic E-state index is 6.33. The summed E-state index contributed by atoms with van der Waals surface area (Å²) in [6.07, 6.45) is 1.89. The van der Waals surface area contributed by atoms with Gasteiger partial charge in [0, 0.05) is 32.9 Å². The van der Waals surface area contributed by atoms with E-state index in [2.05, 4.69) is 20.8 Å². The monoisotopic (exact) mass is 518 g/mol. The number of hydrogen-bond acceptors (Lipinski definition) is 3. The lowest BCUT2D eigenvalue weighted by Gasteiger charge is -2.11. The molecule has 0 radical (unpaired) electrons. The molecule has 2 aromatic heterocycles. The zero-order chi connectivity index (χ0) is 23.5. The number of rotatable bonds is 6. The molecule has 33 heavy (non-hydrogen) atoms. The highest BCUT2D eigenvalue weighted by molar-refractivity contribution is 7.80. The first-order valence-electron chi connectivity index (χ1n) is 10.1. The average molecular weight is 520 g/mol. The molecule has 0 aliphatic carbocycles. The van der Waals surface area contributed by atoms with E-state index in [4.69, 9.17) is 47.0 Å². The minimum atomic E-state index is 0.424. The van der Waals surface area contributed by atoms with Gasteiger partial charge in [0.05, 0.1) is 30.2 Å². The Morgan fingerprint density at radius 2 is 1.61 bits per heavy atom. The van der Waals surface area contributed by atoms with Crippen molar-refractivity contribution in [3.63, 3.8) is 0 Å². The van der Waals surface area contributed by atoms with Gasteiger partial charge in [-0.1, -0.05) is 53.0 Å². The molecule has 0 atom stereocenters. The van der Waals surface area contributed by atoms with E-state index in [1.54, 1.807) is 0 Å². The van der Waals surface area contributed by atoms with E-state index in [0.29, 0.717) is 39.1 Å². The molecule has 2 heterocycles. The number of nitrogens with one attached hydrogen (secondary N) is 2. The van der Waals surface area contributed by atoms with Gasteiger partial charge in [-0.25, -0.2) is 0 Å². The number of nitrogens with zero attached hydrogens (tertiary/aromatic N) is 4. The summed E-state index contributed by atoms with van der Waals surface area (Å²) in [7, 11) is 0. The van der Waals surface area contributed by atoms with Crippen molar-refractivity contribution in [2.45, 2.75) is 26.9 Å². The molecule has 0 amide bonds. The van der Waals surface area contributed by atoms with E-state index in [1.807, 2.05) is 77.9 Å². The highest BCUT2D eigenvalue weighted by Crippen LogP contribution is 2.27. The van der Waals surface area contributed by atoms with Gasteiger partial charge in [0.25, 0.3) is 0 Å². The first-order valence-corrected chi connectivity index (χ1v) is 11.7. The third kappa shape index (κ3) is 5.68. The Labute approximate surface area is 212 Å². The molecule has 0 saturated heterocycles. The van der Waals surface area contributed by atoms with E-state index in [9.17, 15) is 0 Å². The van der Waals surface area contributed by atoms with Crippen LogP contribution in [-0.2, 0) is 13.1 Å². The summed E-state index contributed by atoms with van der Waals surface area (Å²) < 4.78 is 3.68. The Balaban J connectivity index is 1.42. The zero-order valence-corrected chi connectivity index (χ0v) is 21.0. The maximum absolute atomic E-state index is 6.33. The molecule has 0 aliphatic rings. The number of hydrogen-bond donors (Lipinski definition) is 2. The topological polar surface area (TPSA) is 59.7 Å². The van der Waals surface area contributed by atoms with Crippen LogP contribution in [0.4, 0.5) is 11.5 Å². The molecule has 0 spiro atoms. The van der Waals surface area contributed by atoms with Crippen molar-refractivity contribution >= 4 is 63.6 Å². The van der Waals surface area contributed by atoms with Gasteiger partial charge in [0.15, 0.2) is 10.9 Å². The third-order valence-corrected chi connectivity index (χ3v) is 6.29. The van der Waals surface area contributed by atoms with Gasteiger partial charge in [-0.2, -0.15) is 10.2 Å². The standard InChI is InChI=1S/C23H21Cl3N6S/c1-14-22(15(2)32(29-14)13-18-19(25)4-3-5-20(18)26)28-23(33)27-21-10-11-31(30-21)12-16-6-8-17(24)9-7-16/h3-11H,12-13H2,1-2H3,(H2,27,28,30,33). The molecule has 4 aromatic rings. The van der Waals surface area contributed by atoms with Crippen LogP contribution in [0.2, 0.25) is 15.1 Å². The minimum Gasteiger partial charge on any atom is -0.329 e.